The van der Waals surface area contributed by atoms with Crippen LogP contribution in [0.5, 0.6) is 0 Å². The minimum atomic E-state index is 0.735. The van der Waals surface area contributed by atoms with Crippen molar-refractivity contribution >= 4 is 33.2 Å². The van der Waals surface area contributed by atoms with Gasteiger partial charge in [-0.15, -0.1) is 0 Å². The van der Waals surface area contributed by atoms with Crippen LogP contribution in [0.4, 0.5) is 5.69 Å². The molecule has 0 spiro atoms. The molecule has 0 aliphatic heterocycles. The molecule has 0 saturated heterocycles. The Morgan fingerprint density at radius 3 is 2.33 bits per heavy atom. The largest absolute Gasteiger partial charge is 0.380 e. The highest BCUT2D eigenvalue weighted by molar-refractivity contribution is 9.10. The summed E-state index contributed by atoms with van der Waals surface area (Å²) in [5, 5.41) is 4.14. The first-order valence-corrected chi connectivity index (χ1v) is 6.98. The van der Waals surface area contributed by atoms with Crippen LogP contribution in [0.15, 0.2) is 40.9 Å². The number of rotatable bonds is 3. The van der Waals surface area contributed by atoms with E-state index in [0.29, 0.717) is 0 Å². The summed E-state index contributed by atoms with van der Waals surface area (Å²) in [5.41, 5.74) is 4.93. The van der Waals surface area contributed by atoms with Crippen molar-refractivity contribution in [2.24, 2.45) is 0 Å². The van der Waals surface area contributed by atoms with Crippen molar-refractivity contribution in [2.75, 3.05) is 5.32 Å². The zero-order valence-corrected chi connectivity index (χ0v) is 12.8. The average molecular weight is 325 g/mol. The van der Waals surface area contributed by atoms with Crippen molar-refractivity contribution in [2.45, 2.75) is 20.4 Å². The Bertz CT molecular complexity index is 546. The summed E-state index contributed by atoms with van der Waals surface area (Å²) in [5.74, 6) is 0. The fourth-order valence-corrected chi connectivity index (χ4v) is 2.82. The summed E-state index contributed by atoms with van der Waals surface area (Å²) in [6, 6.07) is 12.3. The molecule has 2 rings (SSSR count). The van der Waals surface area contributed by atoms with Crippen molar-refractivity contribution in [3.63, 3.8) is 0 Å². The minimum absolute atomic E-state index is 0.735. The number of halogens is 2. The lowest BCUT2D eigenvalue weighted by atomic mass is 10.1. The van der Waals surface area contributed by atoms with E-state index in [1.165, 1.54) is 16.7 Å². The second-order valence-corrected chi connectivity index (χ2v) is 5.76. The number of nitrogens with one attached hydrogen (secondary N) is 1. The third kappa shape index (κ3) is 3.50. The van der Waals surface area contributed by atoms with Crippen LogP contribution < -0.4 is 5.32 Å². The summed E-state index contributed by atoms with van der Waals surface area (Å²) in [4.78, 5) is 0. The number of aryl methyl sites for hydroxylation is 2. The van der Waals surface area contributed by atoms with Crippen molar-refractivity contribution in [3.05, 3.63) is 62.6 Å². The molecule has 0 saturated carbocycles. The molecule has 3 heteroatoms. The third-order valence-corrected chi connectivity index (χ3v) is 3.59. The zero-order chi connectivity index (χ0) is 13.1. The van der Waals surface area contributed by atoms with Gasteiger partial charge in [-0.1, -0.05) is 40.9 Å². The summed E-state index contributed by atoms with van der Waals surface area (Å²) in [6.45, 7) is 5.05. The number of benzene rings is 2. The number of hydrogen-bond acceptors (Lipinski definition) is 1. The molecule has 1 nitrogen and oxygen atoms in total. The van der Waals surface area contributed by atoms with E-state index >= 15 is 0 Å². The maximum Gasteiger partial charge on any atom is 0.0488 e. The summed E-state index contributed by atoms with van der Waals surface area (Å²) >= 11 is 9.42. The Balaban J connectivity index is 2.11. The van der Waals surface area contributed by atoms with Gasteiger partial charge < -0.3 is 5.32 Å². The average Bonchev–Trinajstić information content (AvgIpc) is 2.26. The fraction of sp³-hybridized carbons (Fsp3) is 0.200. The molecule has 0 aliphatic rings. The molecule has 2 aromatic rings. The van der Waals surface area contributed by atoms with Gasteiger partial charge in [0, 0.05) is 21.7 Å². The van der Waals surface area contributed by atoms with Crippen molar-refractivity contribution in [3.8, 4) is 0 Å². The molecular formula is C15H15BrClN. The molecule has 0 radical (unpaired) electrons. The molecule has 18 heavy (non-hydrogen) atoms. The van der Waals surface area contributed by atoms with E-state index < -0.39 is 0 Å². The standard InChI is InChI=1S/C15H15BrClN/c1-10-5-11(2)7-12(6-10)9-18-15-4-3-13(17)8-14(15)16/h3-8,18H,9H2,1-2H3. The van der Waals surface area contributed by atoms with E-state index in [1.807, 2.05) is 18.2 Å². The molecule has 0 atom stereocenters. The molecule has 2 aromatic carbocycles. The molecule has 1 N–H and O–H groups in total. The van der Waals surface area contributed by atoms with Crippen LogP contribution in [-0.4, -0.2) is 0 Å². The Labute approximate surface area is 121 Å². The molecule has 0 fully saturated rings. The summed E-state index contributed by atoms with van der Waals surface area (Å²) < 4.78 is 0.986. The Kier molecular flexibility index (Phi) is 4.31. The van der Waals surface area contributed by atoms with Crippen LogP contribution in [0.2, 0.25) is 5.02 Å². The van der Waals surface area contributed by atoms with Crippen LogP contribution >= 0.6 is 27.5 Å². The Morgan fingerprint density at radius 2 is 1.72 bits per heavy atom. The first-order chi connectivity index (χ1) is 8.54. The van der Waals surface area contributed by atoms with E-state index in [2.05, 4.69) is 53.3 Å². The highest BCUT2D eigenvalue weighted by Crippen LogP contribution is 2.26. The third-order valence-electron chi connectivity index (χ3n) is 2.70. The van der Waals surface area contributed by atoms with Crippen LogP contribution in [0.25, 0.3) is 0 Å². The molecule has 0 heterocycles. The van der Waals surface area contributed by atoms with E-state index in [1.54, 1.807) is 0 Å². The van der Waals surface area contributed by atoms with Crippen molar-refractivity contribution < 1.29 is 0 Å². The summed E-state index contributed by atoms with van der Waals surface area (Å²) in [6.07, 6.45) is 0. The van der Waals surface area contributed by atoms with Gasteiger partial charge in [0.1, 0.15) is 0 Å². The van der Waals surface area contributed by atoms with E-state index in [0.717, 1.165) is 21.7 Å². The molecule has 0 bridgehead atoms. The molecule has 0 unspecified atom stereocenters. The van der Waals surface area contributed by atoms with E-state index in [9.17, 15) is 0 Å². The predicted molar refractivity (Wildman–Crippen MR) is 82.4 cm³/mol. The van der Waals surface area contributed by atoms with Crippen LogP contribution in [-0.2, 0) is 6.54 Å². The first kappa shape index (κ1) is 13.4. The predicted octanol–water partition coefficient (Wildman–Crippen LogP) is 5.33. The SMILES string of the molecule is Cc1cc(C)cc(CNc2ccc(Cl)cc2Br)c1. The Hall–Kier alpha value is -0.990. The molecule has 0 aromatic heterocycles. The molecular weight excluding hydrogens is 310 g/mol. The van der Waals surface area contributed by atoms with Gasteiger partial charge in [-0.3, -0.25) is 0 Å². The lowest BCUT2D eigenvalue weighted by Gasteiger charge is -2.10. The maximum atomic E-state index is 5.92. The number of anilines is 1. The van der Waals surface area contributed by atoms with Crippen molar-refractivity contribution in [1.29, 1.82) is 0 Å². The minimum Gasteiger partial charge on any atom is -0.380 e. The summed E-state index contributed by atoms with van der Waals surface area (Å²) in [7, 11) is 0. The monoisotopic (exact) mass is 323 g/mol. The second-order valence-electron chi connectivity index (χ2n) is 4.47. The van der Waals surface area contributed by atoms with E-state index in [-0.39, 0.29) is 0 Å². The second kappa shape index (κ2) is 5.77. The number of hydrogen-bond donors (Lipinski definition) is 1. The van der Waals surface area contributed by atoms with Gasteiger partial charge >= 0.3 is 0 Å². The molecule has 0 amide bonds. The maximum absolute atomic E-state index is 5.92. The van der Waals surface area contributed by atoms with Gasteiger partial charge in [-0.25, -0.2) is 0 Å². The lowest BCUT2D eigenvalue weighted by molar-refractivity contribution is 1.13. The normalized spacial score (nSPS) is 10.4. The highest BCUT2D eigenvalue weighted by atomic mass is 79.9. The van der Waals surface area contributed by atoms with Gasteiger partial charge in [-0.05, 0) is 53.5 Å². The lowest BCUT2D eigenvalue weighted by Crippen LogP contribution is -2.00. The van der Waals surface area contributed by atoms with Crippen molar-refractivity contribution in [1.82, 2.24) is 0 Å². The zero-order valence-electron chi connectivity index (χ0n) is 10.4. The van der Waals surface area contributed by atoms with Crippen LogP contribution in [0, 0.1) is 13.8 Å². The van der Waals surface area contributed by atoms with Gasteiger partial charge in [0.05, 0.1) is 0 Å². The van der Waals surface area contributed by atoms with Gasteiger partial charge in [0.15, 0.2) is 0 Å². The van der Waals surface area contributed by atoms with E-state index in [4.69, 9.17) is 11.6 Å². The fourth-order valence-electron chi connectivity index (χ4n) is 2.00. The van der Waals surface area contributed by atoms with Gasteiger partial charge in [-0.2, -0.15) is 0 Å². The first-order valence-electron chi connectivity index (χ1n) is 5.81. The molecule has 94 valence electrons. The smallest absolute Gasteiger partial charge is 0.0488 e. The van der Waals surface area contributed by atoms with Crippen LogP contribution in [0.1, 0.15) is 16.7 Å². The van der Waals surface area contributed by atoms with Gasteiger partial charge in [0.2, 0.25) is 0 Å². The highest BCUT2D eigenvalue weighted by Gasteiger charge is 2.01. The van der Waals surface area contributed by atoms with Gasteiger partial charge in [0.25, 0.3) is 0 Å². The molecule has 0 aliphatic carbocycles. The topological polar surface area (TPSA) is 12.0 Å². The van der Waals surface area contributed by atoms with Crippen LogP contribution in [0.3, 0.4) is 0 Å². The quantitative estimate of drug-likeness (QED) is 0.804. The Morgan fingerprint density at radius 1 is 1.06 bits per heavy atom.